The molecule has 1 heterocycles. The van der Waals surface area contributed by atoms with Gasteiger partial charge in [-0.25, -0.2) is 0 Å². The molecule has 0 saturated carbocycles. The van der Waals surface area contributed by atoms with Crippen molar-refractivity contribution in [2.75, 3.05) is 13.1 Å². The molecule has 0 aliphatic heterocycles. The fourth-order valence-corrected chi connectivity index (χ4v) is 2.57. The van der Waals surface area contributed by atoms with Crippen molar-refractivity contribution in [3.8, 4) is 0 Å². The molecule has 1 aromatic heterocycles. The lowest BCUT2D eigenvalue weighted by molar-refractivity contribution is 0.0752. The number of pyridine rings is 1. The highest BCUT2D eigenvalue weighted by Crippen LogP contribution is 2.11. The monoisotopic (exact) mass is 353 g/mol. The lowest BCUT2D eigenvalue weighted by atomic mass is 10.1. The number of amides is 2. The molecule has 1 aromatic carbocycles. The van der Waals surface area contributed by atoms with E-state index in [1.807, 2.05) is 37.3 Å². The fraction of sp³-hybridized carbons (Fsp3) is 0.381. The second kappa shape index (κ2) is 9.70. The Labute approximate surface area is 155 Å². The number of nitrogens with one attached hydrogen (secondary N) is 1. The van der Waals surface area contributed by atoms with Gasteiger partial charge in [0.25, 0.3) is 11.8 Å². The molecule has 138 valence electrons. The third-order valence-corrected chi connectivity index (χ3v) is 4.14. The summed E-state index contributed by atoms with van der Waals surface area (Å²) in [5.41, 5.74) is 1.91. The van der Waals surface area contributed by atoms with E-state index in [9.17, 15) is 9.59 Å². The molecule has 5 nitrogen and oxygen atoms in total. The summed E-state index contributed by atoms with van der Waals surface area (Å²) in [6, 6.07) is 11.5. The summed E-state index contributed by atoms with van der Waals surface area (Å²) in [6.07, 6.45) is 3.92. The molecule has 0 radical (unpaired) electrons. The zero-order valence-electron chi connectivity index (χ0n) is 15.7. The van der Waals surface area contributed by atoms with Crippen molar-refractivity contribution in [1.29, 1.82) is 0 Å². The van der Waals surface area contributed by atoms with Crippen LogP contribution in [0.2, 0.25) is 0 Å². The summed E-state index contributed by atoms with van der Waals surface area (Å²) in [5.74, 6) is 0.206. The minimum Gasteiger partial charge on any atom is -0.352 e. The van der Waals surface area contributed by atoms with Gasteiger partial charge in [-0.1, -0.05) is 44.2 Å². The Morgan fingerprint density at radius 1 is 1.12 bits per heavy atom. The average Bonchev–Trinajstić information content (AvgIpc) is 2.66. The van der Waals surface area contributed by atoms with E-state index in [1.165, 1.54) is 12.4 Å². The van der Waals surface area contributed by atoms with Gasteiger partial charge < -0.3 is 10.2 Å². The summed E-state index contributed by atoms with van der Waals surface area (Å²) in [6.45, 7) is 7.89. The Bertz CT molecular complexity index is 729. The molecule has 0 saturated heterocycles. The van der Waals surface area contributed by atoms with Gasteiger partial charge in [-0.05, 0) is 30.9 Å². The van der Waals surface area contributed by atoms with Gasteiger partial charge in [0.2, 0.25) is 0 Å². The molecule has 0 bridgehead atoms. The number of nitrogens with zero attached hydrogens (tertiary/aromatic N) is 2. The summed E-state index contributed by atoms with van der Waals surface area (Å²) >= 11 is 0. The van der Waals surface area contributed by atoms with Gasteiger partial charge in [0.15, 0.2) is 0 Å². The van der Waals surface area contributed by atoms with Crippen LogP contribution >= 0.6 is 0 Å². The molecule has 0 aliphatic carbocycles. The van der Waals surface area contributed by atoms with Gasteiger partial charge in [-0.15, -0.1) is 0 Å². The SMILES string of the molecule is CCN(Cc1ccccc1)C(=O)c1cncc(C(=O)NCCC(C)C)c1. The van der Waals surface area contributed by atoms with Crippen LogP contribution in [0.25, 0.3) is 0 Å². The maximum atomic E-state index is 12.8. The van der Waals surface area contributed by atoms with E-state index in [0.29, 0.717) is 36.7 Å². The lowest BCUT2D eigenvalue weighted by Crippen LogP contribution is -2.31. The number of hydrogen-bond donors (Lipinski definition) is 1. The quantitative estimate of drug-likeness (QED) is 0.790. The molecule has 5 heteroatoms. The Morgan fingerprint density at radius 2 is 1.81 bits per heavy atom. The van der Waals surface area contributed by atoms with Crippen LogP contribution in [0.15, 0.2) is 48.8 Å². The highest BCUT2D eigenvalue weighted by molar-refractivity contribution is 5.99. The van der Waals surface area contributed by atoms with E-state index in [0.717, 1.165) is 12.0 Å². The first-order valence-corrected chi connectivity index (χ1v) is 9.07. The topological polar surface area (TPSA) is 62.3 Å². The third-order valence-electron chi connectivity index (χ3n) is 4.14. The minimum absolute atomic E-state index is 0.124. The Kier molecular flexibility index (Phi) is 7.33. The fourth-order valence-electron chi connectivity index (χ4n) is 2.57. The number of hydrogen-bond acceptors (Lipinski definition) is 3. The summed E-state index contributed by atoms with van der Waals surface area (Å²) in [4.78, 5) is 30.9. The number of benzene rings is 1. The Morgan fingerprint density at radius 3 is 2.46 bits per heavy atom. The van der Waals surface area contributed by atoms with Gasteiger partial charge in [-0.3, -0.25) is 14.6 Å². The van der Waals surface area contributed by atoms with Crippen LogP contribution in [0.4, 0.5) is 0 Å². The van der Waals surface area contributed by atoms with E-state index in [2.05, 4.69) is 24.1 Å². The van der Waals surface area contributed by atoms with Crippen LogP contribution in [0.3, 0.4) is 0 Å². The standard InChI is InChI=1S/C21H27N3O2/c1-4-24(15-17-8-6-5-7-9-17)21(26)19-12-18(13-22-14-19)20(25)23-11-10-16(2)3/h5-9,12-14,16H,4,10-11,15H2,1-3H3,(H,23,25). The second-order valence-corrected chi connectivity index (χ2v) is 6.71. The van der Waals surface area contributed by atoms with Crippen molar-refractivity contribution < 1.29 is 9.59 Å². The van der Waals surface area contributed by atoms with Crippen molar-refractivity contribution >= 4 is 11.8 Å². The van der Waals surface area contributed by atoms with Crippen molar-refractivity contribution in [2.45, 2.75) is 33.7 Å². The molecule has 0 unspecified atom stereocenters. The van der Waals surface area contributed by atoms with Crippen LogP contribution in [-0.2, 0) is 6.54 Å². The molecule has 0 spiro atoms. The first-order valence-electron chi connectivity index (χ1n) is 9.07. The first-order chi connectivity index (χ1) is 12.5. The molecule has 2 rings (SSSR count). The van der Waals surface area contributed by atoms with Gasteiger partial charge in [0.05, 0.1) is 11.1 Å². The minimum atomic E-state index is -0.195. The molecule has 26 heavy (non-hydrogen) atoms. The second-order valence-electron chi connectivity index (χ2n) is 6.71. The first kappa shape index (κ1) is 19.6. The van der Waals surface area contributed by atoms with E-state index >= 15 is 0 Å². The summed E-state index contributed by atoms with van der Waals surface area (Å²) in [7, 11) is 0. The Balaban J connectivity index is 2.07. The van der Waals surface area contributed by atoms with Gasteiger partial charge in [-0.2, -0.15) is 0 Å². The van der Waals surface area contributed by atoms with Crippen molar-refractivity contribution in [1.82, 2.24) is 15.2 Å². The van der Waals surface area contributed by atoms with Crippen LogP contribution in [0.5, 0.6) is 0 Å². The summed E-state index contributed by atoms with van der Waals surface area (Å²) in [5, 5.41) is 2.88. The van der Waals surface area contributed by atoms with Gasteiger partial charge >= 0.3 is 0 Å². The number of rotatable bonds is 8. The molecular formula is C21H27N3O2. The van der Waals surface area contributed by atoms with Crippen LogP contribution in [0.1, 0.15) is 53.5 Å². The molecule has 2 aromatic rings. The van der Waals surface area contributed by atoms with E-state index in [4.69, 9.17) is 0 Å². The maximum absolute atomic E-state index is 12.8. The van der Waals surface area contributed by atoms with Crippen LogP contribution < -0.4 is 5.32 Å². The van der Waals surface area contributed by atoms with Gasteiger partial charge in [0.1, 0.15) is 0 Å². The van der Waals surface area contributed by atoms with E-state index < -0.39 is 0 Å². The zero-order chi connectivity index (χ0) is 18.9. The number of carbonyl (C=O) groups excluding carboxylic acids is 2. The summed E-state index contributed by atoms with van der Waals surface area (Å²) < 4.78 is 0. The zero-order valence-corrected chi connectivity index (χ0v) is 15.7. The van der Waals surface area contributed by atoms with E-state index in [-0.39, 0.29) is 11.8 Å². The van der Waals surface area contributed by atoms with Crippen molar-refractivity contribution in [3.05, 3.63) is 65.5 Å². The molecule has 1 N–H and O–H groups in total. The molecule has 0 fully saturated rings. The van der Waals surface area contributed by atoms with Crippen LogP contribution in [0, 0.1) is 5.92 Å². The normalized spacial score (nSPS) is 10.6. The molecule has 0 aliphatic rings. The largest absolute Gasteiger partial charge is 0.352 e. The average molecular weight is 353 g/mol. The molecule has 0 atom stereocenters. The Hall–Kier alpha value is -2.69. The smallest absolute Gasteiger partial charge is 0.255 e. The number of aromatic nitrogens is 1. The number of carbonyl (C=O) groups is 2. The lowest BCUT2D eigenvalue weighted by Gasteiger charge is -2.21. The highest BCUT2D eigenvalue weighted by Gasteiger charge is 2.17. The predicted octanol–water partition coefficient (Wildman–Crippen LogP) is 3.52. The third kappa shape index (κ3) is 5.69. The molecule has 2 amide bonds. The van der Waals surface area contributed by atoms with Crippen molar-refractivity contribution in [3.63, 3.8) is 0 Å². The van der Waals surface area contributed by atoms with Crippen molar-refractivity contribution in [2.24, 2.45) is 5.92 Å². The van der Waals surface area contributed by atoms with Crippen LogP contribution in [-0.4, -0.2) is 34.8 Å². The highest BCUT2D eigenvalue weighted by atomic mass is 16.2. The predicted molar refractivity (Wildman–Crippen MR) is 103 cm³/mol. The maximum Gasteiger partial charge on any atom is 0.255 e. The van der Waals surface area contributed by atoms with E-state index in [1.54, 1.807) is 11.0 Å². The van der Waals surface area contributed by atoms with Gasteiger partial charge in [0, 0.05) is 32.0 Å². The molecular weight excluding hydrogens is 326 g/mol.